The van der Waals surface area contributed by atoms with Crippen LogP contribution in [0.5, 0.6) is 0 Å². The lowest BCUT2D eigenvalue weighted by atomic mass is 9.98. The molecule has 3 aliphatic rings. The summed E-state index contributed by atoms with van der Waals surface area (Å²) in [6.07, 6.45) is 12.2. The number of pyridine rings is 1. The summed E-state index contributed by atoms with van der Waals surface area (Å²) in [6.45, 7) is 3.89. The first-order chi connectivity index (χ1) is 12.6. The Balaban J connectivity index is 1.45. The first-order valence-corrected chi connectivity index (χ1v) is 10.4. The molecule has 0 unspecified atom stereocenters. The second-order valence-electron chi connectivity index (χ2n) is 8.57. The number of amides is 1. The molecule has 2 heterocycles. The van der Waals surface area contributed by atoms with Gasteiger partial charge in [-0.05, 0) is 44.4 Å². The van der Waals surface area contributed by atoms with Crippen molar-refractivity contribution in [3.8, 4) is 0 Å². The number of likely N-dealkylation sites (tertiary alicyclic amines) is 1. The molecule has 1 saturated heterocycles. The van der Waals surface area contributed by atoms with Crippen LogP contribution in [-0.4, -0.2) is 41.0 Å². The van der Waals surface area contributed by atoms with Crippen LogP contribution in [-0.2, 0) is 0 Å². The minimum absolute atomic E-state index is 0.180. The summed E-state index contributed by atoms with van der Waals surface area (Å²) < 4.78 is 0. The molecule has 5 heteroatoms. The van der Waals surface area contributed by atoms with Crippen LogP contribution in [0.4, 0.5) is 0 Å². The van der Waals surface area contributed by atoms with Crippen LogP contribution in [0.15, 0.2) is 17.1 Å². The molecule has 26 heavy (non-hydrogen) atoms. The molecule has 2 aliphatic carbocycles. The monoisotopic (exact) mass is 357 g/mol. The molecule has 1 aromatic rings. The van der Waals surface area contributed by atoms with E-state index in [-0.39, 0.29) is 22.9 Å². The summed E-state index contributed by atoms with van der Waals surface area (Å²) in [6, 6.07) is 2.36. The third-order valence-electron chi connectivity index (χ3n) is 6.58. The second kappa shape index (κ2) is 7.55. The minimum atomic E-state index is -0.218. The van der Waals surface area contributed by atoms with Crippen LogP contribution in [0, 0.1) is 18.8 Å². The van der Waals surface area contributed by atoms with Gasteiger partial charge < -0.3 is 10.3 Å². The SMILES string of the molecule is Cc1cc(=O)c(C(=O)N[C@H]2CN(C3CCCCCC3)C[C@@H]2C2CC2)c[nH]1. The lowest BCUT2D eigenvalue weighted by Gasteiger charge is -2.26. The molecule has 2 atom stereocenters. The van der Waals surface area contributed by atoms with E-state index in [9.17, 15) is 9.59 Å². The summed E-state index contributed by atoms with van der Waals surface area (Å²) in [7, 11) is 0. The highest BCUT2D eigenvalue weighted by atomic mass is 16.2. The van der Waals surface area contributed by atoms with Crippen molar-refractivity contribution in [2.45, 2.75) is 70.4 Å². The first kappa shape index (κ1) is 17.8. The molecule has 142 valence electrons. The molecule has 4 rings (SSSR count). The number of carbonyl (C=O) groups excluding carboxylic acids is 1. The van der Waals surface area contributed by atoms with Gasteiger partial charge in [-0.1, -0.05) is 25.7 Å². The third-order valence-corrected chi connectivity index (χ3v) is 6.58. The topological polar surface area (TPSA) is 65.2 Å². The Kier molecular flexibility index (Phi) is 5.16. The van der Waals surface area contributed by atoms with Gasteiger partial charge in [-0.25, -0.2) is 0 Å². The quantitative estimate of drug-likeness (QED) is 0.815. The zero-order valence-corrected chi connectivity index (χ0v) is 15.8. The maximum Gasteiger partial charge on any atom is 0.257 e. The Labute approximate surface area is 155 Å². The summed E-state index contributed by atoms with van der Waals surface area (Å²) in [4.78, 5) is 30.5. The molecule has 1 amide bonds. The zero-order valence-electron chi connectivity index (χ0n) is 15.8. The molecule has 0 radical (unpaired) electrons. The van der Waals surface area contributed by atoms with E-state index >= 15 is 0 Å². The van der Waals surface area contributed by atoms with Crippen molar-refractivity contribution < 1.29 is 4.79 Å². The highest BCUT2D eigenvalue weighted by molar-refractivity contribution is 5.94. The Morgan fingerprint density at radius 3 is 2.50 bits per heavy atom. The van der Waals surface area contributed by atoms with Gasteiger partial charge in [0.2, 0.25) is 0 Å². The average molecular weight is 357 g/mol. The van der Waals surface area contributed by atoms with Crippen molar-refractivity contribution in [1.82, 2.24) is 15.2 Å². The summed E-state index contributed by atoms with van der Waals surface area (Å²) in [5.74, 6) is 1.09. The van der Waals surface area contributed by atoms with Gasteiger partial charge in [-0.15, -0.1) is 0 Å². The Bertz CT molecular complexity index is 701. The molecule has 3 fully saturated rings. The van der Waals surface area contributed by atoms with Crippen LogP contribution in [0.1, 0.15) is 67.4 Å². The fourth-order valence-electron chi connectivity index (χ4n) is 4.93. The first-order valence-electron chi connectivity index (χ1n) is 10.4. The number of hydrogen-bond donors (Lipinski definition) is 2. The van der Waals surface area contributed by atoms with E-state index in [1.54, 1.807) is 6.20 Å². The normalized spacial score (nSPS) is 28.0. The van der Waals surface area contributed by atoms with Crippen LogP contribution >= 0.6 is 0 Å². The fourth-order valence-corrected chi connectivity index (χ4v) is 4.93. The fraction of sp³-hybridized carbons (Fsp3) is 0.714. The van der Waals surface area contributed by atoms with Gasteiger partial charge in [0.05, 0.1) is 0 Å². The largest absolute Gasteiger partial charge is 0.364 e. The lowest BCUT2D eigenvalue weighted by molar-refractivity contribution is 0.0925. The van der Waals surface area contributed by atoms with E-state index in [4.69, 9.17) is 0 Å². The predicted molar refractivity (Wildman–Crippen MR) is 102 cm³/mol. The van der Waals surface area contributed by atoms with Crippen LogP contribution in [0.3, 0.4) is 0 Å². The molecule has 1 aromatic heterocycles. The molecule has 2 N–H and O–H groups in total. The number of rotatable bonds is 4. The van der Waals surface area contributed by atoms with Crippen molar-refractivity contribution in [3.05, 3.63) is 33.7 Å². The van der Waals surface area contributed by atoms with Crippen LogP contribution in [0.2, 0.25) is 0 Å². The number of H-pyrrole nitrogens is 1. The predicted octanol–water partition coefficient (Wildman–Crippen LogP) is 2.85. The molecule has 0 bridgehead atoms. The number of aryl methyl sites for hydroxylation is 1. The molecular formula is C21H31N3O2. The third kappa shape index (κ3) is 3.88. The van der Waals surface area contributed by atoms with E-state index < -0.39 is 0 Å². The van der Waals surface area contributed by atoms with E-state index in [0.29, 0.717) is 12.0 Å². The second-order valence-corrected chi connectivity index (χ2v) is 8.57. The zero-order chi connectivity index (χ0) is 18.1. The van der Waals surface area contributed by atoms with Gasteiger partial charge in [0.1, 0.15) is 5.56 Å². The van der Waals surface area contributed by atoms with E-state index in [1.807, 2.05) is 6.92 Å². The van der Waals surface area contributed by atoms with E-state index in [2.05, 4.69) is 15.2 Å². The van der Waals surface area contributed by atoms with Crippen LogP contribution < -0.4 is 10.7 Å². The Morgan fingerprint density at radius 2 is 1.85 bits per heavy atom. The van der Waals surface area contributed by atoms with Crippen molar-refractivity contribution >= 4 is 5.91 Å². The van der Waals surface area contributed by atoms with Gasteiger partial charge in [0, 0.05) is 43.1 Å². The minimum Gasteiger partial charge on any atom is -0.364 e. The molecule has 0 aromatic carbocycles. The average Bonchev–Trinajstić information content (AvgIpc) is 3.41. The highest BCUT2D eigenvalue weighted by Gasteiger charge is 2.44. The number of nitrogens with one attached hydrogen (secondary N) is 2. The smallest absolute Gasteiger partial charge is 0.257 e. The van der Waals surface area contributed by atoms with Gasteiger partial charge in [0.25, 0.3) is 5.91 Å². The van der Waals surface area contributed by atoms with Gasteiger partial charge in [-0.2, -0.15) is 0 Å². The summed E-state index contributed by atoms with van der Waals surface area (Å²) in [5, 5.41) is 3.21. The van der Waals surface area contributed by atoms with Gasteiger partial charge in [0.15, 0.2) is 5.43 Å². The Hall–Kier alpha value is -1.62. The van der Waals surface area contributed by atoms with Crippen molar-refractivity contribution in [2.75, 3.05) is 13.1 Å². The molecule has 2 saturated carbocycles. The van der Waals surface area contributed by atoms with Crippen LogP contribution in [0.25, 0.3) is 0 Å². The number of carbonyl (C=O) groups is 1. The number of aromatic nitrogens is 1. The maximum absolute atomic E-state index is 12.7. The van der Waals surface area contributed by atoms with Gasteiger partial charge in [-0.3, -0.25) is 14.5 Å². The maximum atomic E-state index is 12.7. The number of aromatic amines is 1. The lowest BCUT2D eigenvalue weighted by Crippen LogP contribution is -2.43. The molecular weight excluding hydrogens is 326 g/mol. The molecule has 0 spiro atoms. The van der Waals surface area contributed by atoms with Crippen molar-refractivity contribution in [2.24, 2.45) is 11.8 Å². The number of nitrogens with zero attached hydrogens (tertiary/aromatic N) is 1. The van der Waals surface area contributed by atoms with Crippen molar-refractivity contribution in [3.63, 3.8) is 0 Å². The molecule has 5 nitrogen and oxygen atoms in total. The summed E-state index contributed by atoms with van der Waals surface area (Å²) >= 11 is 0. The number of hydrogen-bond acceptors (Lipinski definition) is 3. The van der Waals surface area contributed by atoms with E-state index in [0.717, 1.165) is 24.7 Å². The molecule has 1 aliphatic heterocycles. The Morgan fingerprint density at radius 1 is 1.12 bits per heavy atom. The standard InChI is InChI=1S/C21H31N3O2/c1-14-10-20(25)17(11-22-14)21(26)23-19-13-24(12-18(19)15-8-9-15)16-6-4-2-3-5-7-16/h10-11,15-16,18-19H,2-9,12-13H2,1H3,(H,22,25)(H,23,26)/t18-,19+/m1/s1. The van der Waals surface area contributed by atoms with Gasteiger partial charge >= 0.3 is 0 Å². The summed E-state index contributed by atoms with van der Waals surface area (Å²) in [5.41, 5.74) is 0.821. The highest BCUT2D eigenvalue weighted by Crippen LogP contribution is 2.42. The van der Waals surface area contributed by atoms with Crippen molar-refractivity contribution in [1.29, 1.82) is 0 Å². The van der Waals surface area contributed by atoms with E-state index in [1.165, 1.54) is 57.4 Å².